The third-order valence-electron chi connectivity index (χ3n) is 4.53. The van der Waals surface area contributed by atoms with Crippen LogP contribution in [-0.4, -0.2) is 65.7 Å². The largest absolute Gasteiger partial charge is 0.481 e. The van der Waals surface area contributed by atoms with E-state index in [-0.39, 0.29) is 30.6 Å². The zero-order chi connectivity index (χ0) is 21.7. The van der Waals surface area contributed by atoms with Crippen molar-refractivity contribution >= 4 is 56.8 Å². The van der Waals surface area contributed by atoms with E-state index in [1.807, 2.05) is 0 Å². The Balaban J connectivity index is 1.65. The van der Waals surface area contributed by atoms with Gasteiger partial charge in [-0.1, -0.05) is 6.07 Å². The summed E-state index contributed by atoms with van der Waals surface area (Å²) in [5.74, 6) is -0.701. The monoisotopic (exact) mass is 496 g/mol. The van der Waals surface area contributed by atoms with Crippen LogP contribution in [0.4, 0.5) is 4.79 Å². The SMILES string of the molecule is CCOC(=O)COc1ccc(/C=C2/SC(=O)N(CC(=O)N3CCCC3)C2=O)cc1Br. The molecule has 0 unspecified atom stereocenters. The predicted molar refractivity (Wildman–Crippen MR) is 115 cm³/mol. The molecule has 30 heavy (non-hydrogen) atoms. The van der Waals surface area contributed by atoms with E-state index in [9.17, 15) is 19.2 Å². The van der Waals surface area contributed by atoms with Crippen LogP contribution >= 0.6 is 27.7 Å². The molecule has 3 amide bonds. The number of rotatable bonds is 7. The number of hydrogen-bond donors (Lipinski definition) is 0. The molecule has 0 atom stereocenters. The lowest BCUT2D eigenvalue weighted by Gasteiger charge is -2.18. The molecule has 2 aliphatic heterocycles. The zero-order valence-corrected chi connectivity index (χ0v) is 18.8. The number of amides is 3. The Kier molecular flexibility index (Phi) is 7.54. The summed E-state index contributed by atoms with van der Waals surface area (Å²) in [5, 5.41) is -0.452. The van der Waals surface area contributed by atoms with Gasteiger partial charge in [0.2, 0.25) is 5.91 Å². The van der Waals surface area contributed by atoms with Crippen molar-refractivity contribution in [2.45, 2.75) is 19.8 Å². The average Bonchev–Trinajstić information content (AvgIpc) is 3.33. The highest BCUT2D eigenvalue weighted by atomic mass is 79.9. The third kappa shape index (κ3) is 5.42. The summed E-state index contributed by atoms with van der Waals surface area (Å²) < 4.78 is 10.8. The van der Waals surface area contributed by atoms with Gasteiger partial charge in [-0.05, 0) is 71.2 Å². The second kappa shape index (κ2) is 10.1. The van der Waals surface area contributed by atoms with E-state index in [1.165, 1.54) is 0 Å². The van der Waals surface area contributed by atoms with Crippen LogP contribution in [0.3, 0.4) is 0 Å². The van der Waals surface area contributed by atoms with Gasteiger partial charge in [-0.2, -0.15) is 0 Å². The van der Waals surface area contributed by atoms with E-state index in [0.717, 1.165) is 29.5 Å². The second-order valence-corrected chi connectivity index (χ2v) is 8.49. The quantitative estimate of drug-likeness (QED) is 0.422. The Morgan fingerprint density at radius 1 is 1.23 bits per heavy atom. The normalized spacial score (nSPS) is 17.7. The molecule has 2 heterocycles. The number of halogens is 1. The highest BCUT2D eigenvalue weighted by molar-refractivity contribution is 9.10. The van der Waals surface area contributed by atoms with E-state index in [0.29, 0.717) is 28.9 Å². The Bertz CT molecular complexity index is 897. The molecule has 2 aliphatic rings. The van der Waals surface area contributed by atoms with Gasteiger partial charge in [-0.3, -0.25) is 19.3 Å². The molecule has 2 fully saturated rings. The first-order valence-electron chi connectivity index (χ1n) is 9.50. The van der Waals surface area contributed by atoms with Crippen molar-refractivity contribution in [3.05, 3.63) is 33.1 Å². The van der Waals surface area contributed by atoms with Crippen LogP contribution in [0.1, 0.15) is 25.3 Å². The summed E-state index contributed by atoms with van der Waals surface area (Å²) in [7, 11) is 0. The van der Waals surface area contributed by atoms with E-state index in [1.54, 1.807) is 36.1 Å². The first kappa shape index (κ1) is 22.4. The number of likely N-dealkylation sites (tertiary alicyclic amines) is 1. The lowest BCUT2D eigenvalue weighted by molar-refractivity contribution is -0.145. The summed E-state index contributed by atoms with van der Waals surface area (Å²) in [5.41, 5.74) is 0.668. The molecule has 160 valence electrons. The molecule has 0 N–H and O–H groups in total. The van der Waals surface area contributed by atoms with Crippen LogP contribution in [0, 0.1) is 0 Å². The molecule has 10 heteroatoms. The standard InChI is InChI=1S/C20H21BrN2O6S/c1-2-28-18(25)12-29-15-6-5-13(9-14(15)21)10-16-19(26)23(20(27)30-16)11-17(24)22-7-3-4-8-22/h5-6,9-10H,2-4,7-8,11-12H2,1H3/b16-10+. The second-order valence-electron chi connectivity index (χ2n) is 6.64. The number of carbonyl (C=O) groups is 4. The molecule has 0 radical (unpaired) electrons. The van der Waals surface area contributed by atoms with Crippen molar-refractivity contribution in [3.63, 3.8) is 0 Å². The number of hydrogen-bond acceptors (Lipinski definition) is 7. The molecule has 1 aromatic rings. The maximum Gasteiger partial charge on any atom is 0.344 e. The molecule has 0 spiro atoms. The van der Waals surface area contributed by atoms with E-state index >= 15 is 0 Å². The van der Waals surface area contributed by atoms with Crippen LogP contribution in [0.5, 0.6) is 5.75 Å². The third-order valence-corrected chi connectivity index (χ3v) is 6.06. The molecule has 1 aromatic carbocycles. The molecular formula is C20H21BrN2O6S. The van der Waals surface area contributed by atoms with Crippen molar-refractivity contribution in [2.24, 2.45) is 0 Å². The molecule has 0 aromatic heterocycles. The van der Waals surface area contributed by atoms with Crippen molar-refractivity contribution in [1.82, 2.24) is 9.80 Å². The van der Waals surface area contributed by atoms with E-state index in [4.69, 9.17) is 9.47 Å². The van der Waals surface area contributed by atoms with E-state index in [2.05, 4.69) is 15.9 Å². The maximum absolute atomic E-state index is 12.6. The van der Waals surface area contributed by atoms with Crippen LogP contribution < -0.4 is 4.74 Å². The summed E-state index contributed by atoms with van der Waals surface area (Å²) in [6.45, 7) is 2.89. The van der Waals surface area contributed by atoms with Crippen LogP contribution in [0.25, 0.3) is 6.08 Å². The molecule has 8 nitrogen and oxygen atoms in total. The van der Waals surface area contributed by atoms with Crippen LogP contribution in [-0.2, 0) is 19.1 Å². The summed E-state index contributed by atoms with van der Waals surface area (Å²) in [4.78, 5) is 51.5. The lowest BCUT2D eigenvalue weighted by atomic mass is 10.2. The van der Waals surface area contributed by atoms with Gasteiger partial charge < -0.3 is 14.4 Å². The molecule has 3 rings (SSSR count). The Morgan fingerprint density at radius 3 is 2.63 bits per heavy atom. The molecule has 2 saturated heterocycles. The van der Waals surface area contributed by atoms with Gasteiger partial charge in [0.15, 0.2) is 6.61 Å². The highest BCUT2D eigenvalue weighted by Gasteiger charge is 2.37. The van der Waals surface area contributed by atoms with Gasteiger partial charge in [0.05, 0.1) is 16.0 Å². The number of imide groups is 1. The lowest BCUT2D eigenvalue weighted by Crippen LogP contribution is -2.40. The Labute approximate surface area is 186 Å². The smallest absolute Gasteiger partial charge is 0.344 e. The summed E-state index contributed by atoms with van der Waals surface area (Å²) in [6, 6.07) is 5.06. The first-order chi connectivity index (χ1) is 14.4. The number of ether oxygens (including phenoxy) is 2. The summed E-state index contributed by atoms with van der Waals surface area (Å²) in [6.07, 6.45) is 3.48. The molecular weight excluding hydrogens is 476 g/mol. The molecule has 0 aliphatic carbocycles. The predicted octanol–water partition coefficient (Wildman–Crippen LogP) is 3.05. The average molecular weight is 497 g/mol. The fourth-order valence-electron chi connectivity index (χ4n) is 3.05. The fourth-order valence-corrected chi connectivity index (χ4v) is 4.40. The first-order valence-corrected chi connectivity index (χ1v) is 11.1. The maximum atomic E-state index is 12.6. The fraction of sp³-hybridized carbons (Fsp3) is 0.400. The van der Waals surface area contributed by atoms with E-state index < -0.39 is 17.1 Å². The van der Waals surface area contributed by atoms with Crippen molar-refractivity contribution < 1.29 is 28.7 Å². The van der Waals surface area contributed by atoms with Gasteiger partial charge in [-0.15, -0.1) is 0 Å². The van der Waals surface area contributed by atoms with Gasteiger partial charge in [0.25, 0.3) is 11.1 Å². The highest BCUT2D eigenvalue weighted by Crippen LogP contribution is 2.34. The van der Waals surface area contributed by atoms with Crippen LogP contribution in [0.15, 0.2) is 27.6 Å². The van der Waals surface area contributed by atoms with Gasteiger partial charge in [-0.25, -0.2) is 4.79 Å². The van der Waals surface area contributed by atoms with Crippen molar-refractivity contribution in [2.75, 3.05) is 32.8 Å². The number of carbonyl (C=O) groups excluding carboxylic acids is 4. The number of nitrogens with zero attached hydrogens (tertiary/aromatic N) is 2. The van der Waals surface area contributed by atoms with Gasteiger partial charge in [0, 0.05) is 13.1 Å². The molecule has 0 saturated carbocycles. The minimum atomic E-state index is -0.476. The van der Waals surface area contributed by atoms with Crippen molar-refractivity contribution in [3.8, 4) is 5.75 Å². The number of benzene rings is 1. The Morgan fingerprint density at radius 2 is 1.97 bits per heavy atom. The summed E-state index contributed by atoms with van der Waals surface area (Å²) >= 11 is 4.18. The van der Waals surface area contributed by atoms with Gasteiger partial charge in [0.1, 0.15) is 12.3 Å². The zero-order valence-electron chi connectivity index (χ0n) is 16.4. The van der Waals surface area contributed by atoms with Crippen molar-refractivity contribution in [1.29, 1.82) is 0 Å². The number of esters is 1. The van der Waals surface area contributed by atoms with Gasteiger partial charge >= 0.3 is 5.97 Å². The number of thioether (sulfide) groups is 1. The minimum Gasteiger partial charge on any atom is -0.481 e. The topological polar surface area (TPSA) is 93.2 Å². The van der Waals surface area contributed by atoms with Crippen LogP contribution in [0.2, 0.25) is 0 Å². The molecule has 0 bridgehead atoms. The minimum absolute atomic E-state index is 0.207. The Hall–Kier alpha value is -2.33.